The highest BCUT2D eigenvalue weighted by atomic mass is 16.4. The molecule has 1 unspecified atom stereocenters. The van der Waals surface area contributed by atoms with Gasteiger partial charge in [0.1, 0.15) is 5.78 Å². The number of nitriles is 1. The van der Waals surface area contributed by atoms with Crippen molar-refractivity contribution < 1.29 is 19.5 Å². The summed E-state index contributed by atoms with van der Waals surface area (Å²) in [6, 6.07) is 7.99. The SMILES string of the molecule is CC(=O)C(C/C=C/C(=O)O)C(=O)c1cccc(C#N)c1. The van der Waals surface area contributed by atoms with E-state index in [4.69, 9.17) is 10.4 Å². The van der Waals surface area contributed by atoms with Crippen LogP contribution < -0.4 is 0 Å². The Labute approximate surface area is 116 Å². The van der Waals surface area contributed by atoms with Crippen LogP contribution in [0.15, 0.2) is 36.4 Å². The first kappa shape index (κ1) is 15.3. The third kappa shape index (κ3) is 4.18. The molecule has 0 amide bonds. The summed E-state index contributed by atoms with van der Waals surface area (Å²) >= 11 is 0. The van der Waals surface area contributed by atoms with Gasteiger partial charge in [-0.25, -0.2) is 4.79 Å². The van der Waals surface area contributed by atoms with Gasteiger partial charge in [0.15, 0.2) is 5.78 Å². The molecule has 0 aliphatic heterocycles. The summed E-state index contributed by atoms with van der Waals surface area (Å²) < 4.78 is 0. The van der Waals surface area contributed by atoms with E-state index < -0.39 is 17.7 Å². The van der Waals surface area contributed by atoms with E-state index in [1.54, 1.807) is 12.1 Å². The number of ketones is 2. The predicted octanol–water partition coefficient (Wildman–Crippen LogP) is 1.98. The largest absolute Gasteiger partial charge is 0.478 e. The number of benzene rings is 1. The van der Waals surface area contributed by atoms with Gasteiger partial charge >= 0.3 is 5.97 Å². The van der Waals surface area contributed by atoms with Gasteiger partial charge in [-0.05, 0) is 25.5 Å². The number of carboxylic acid groups (broad SMARTS) is 1. The Morgan fingerprint density at radius 1 is 1.40 bits per heavy atom. The zero-order chi connectivity index (χ0) is 15.1. The third-order valence-electron chi connectivity index (χ3n) is 2.72. The molecule has 0 radical (unpaired) electrons. The van der Waals surface area contributed by atoms with Gasteiger partial charge in [0.05, 0.1) is 17.6 Å². The average Bonchev–Trinajstić information content (AvgIpc) is 2.42. The van der Waals surface area contributed by atoms with Crippen LogP contribution in [0.4, 0.5) is 0 Å². The van der Waals surface area contributed by atoms with E-state index in [0.717, 1.165) is 6.08 Å². The highest BCUT2D eigenvalue weighted by molar-refractivity contribution is 6.10. The highest BCUT2D eigenvalue weighted by Crippen LogP contribution is 2.16. The van der Waals surface area contributed by atoms with Gasteiger partial charge in [-0.3, -0.25) is 9.59 Å². The van der Waals surface area contributed by atoms with E-state index in [1.165, 1.54) is 25.1 Å². The van der Waals surface area contributed by atoms with E-state index in [2.05, 4.69) is 0 Å². The Kier molecular flexibility index (Phi) is 5.36. The van der Waals surface area contributed by atoms with Crippen LogP contribution in [0.25, 0.3) is 0 Å². The standard InChI is InChI=1S/C15H13NO4/c1-10(17)13(6-3-7-14(18)19)15(20)12-5-2-4-11(8-12)9-16/h2-5,7-8,13H,6H2,1H3,(H,18,19)/b7-3+. The summed E-state index contributed by atoms with van der Waals surface area (Å²) in [5.74, 6) is -2.82. The van der Waals surface area contributed by atoms with Crippen LogP contribution in [0.3, 0.4) is 0 Å². The molecular weight excluding hydrogens is 258 g/mol. The maximum Gasteiger partial charge on any atom is 0.327 e. The number of rotatable bonds is 6. The minimum atomic E-state index is -1.13. The second kappa shape index (κ2) is 7.00. The van der Waals surface area contributed by atoms with Crippen LogP contribution in [-0.2, 0) is 9.59 Å². The van der Waals surface area contributed by atoms with Gasteiger partial charge in [0, 0.05) is 11.6 Å². The van der Waals surface area contributed by atoms with Crippen molar-refractivity contribution in [2.24, 2.45) is 5.92 Å². The monoisotopic (exact) mass is 271 g/mol. The first-order valence-corrected chi connectivity index (χ1v) is 5.90. The lowest BCUT2D eigenvalue weighted by molar-refractivity contribution is -0.131. The van der Waals surface area contributed by atoms with Crippen molar-refractivity contribution in [2.75, 3.05) is 0 Å². The number of allylic oxidation sites excluding steroid dienone is 1. The van der Waals surface area contributed by atoms with Crippen molar-refractivity contribution in [3.8, 4) is 6.07 Å². The molecule has 1 atom stereocenters. The summed E-state index contributed by atoms with van der Waals surface area (Å²) in [6.07, 6.45) is 2.20. The van der Waals surface area contributed by atoms with Crippen LogP contribution in [0.1, 0.15) is 29.3 Å². The molecule has 0 heterocycles. The number of hydrogen-bond acceptors (Lipinski definition) is 4. The van der Waals surface area contributed by atoms with Crippen LogP contribution in [0, 0.1) is 17.2 Å². The molecule has 20 heavy (non-hydrogen) atoms. The molecule has 1 aromatic rings. The molecule has 0 saturated heterocycles. The number of carbonyl (C=O) groups is 3. The molecule has 102 valence electrons. The second-order valence-corrected chi connectivity index (χ2v) is 4.20. The molecule has 0 aliphatic rings. The van der Waals surface area contributed by atoms with Crippen LogP contribution in [-0.4, -0.2) is 22.6 Å². The summed E-state index contributed by atoms with van der Waals surface area (Å²) in [5, 5.41) is 17.3. The summed E-state index contributed by atoms with van der Waals surface area (Å²) in [7, 11) is 0. The van der Waals surface area contributed by atoms with Gasteiger partial charge in [0.2, 0.25) is 0 Å². The molecule has 0 saturated carbocycles. The van der Waals surface area contributed by atoms with E-state index in [0.29, 0.717) is 5.56 Å². The average molecular weight is 271 g/mol. The lowest BCUT2D eigenvalue weighted by Crippen LogP contribution is -2.21. The summed E-state index contributed by atoms with van der Waals surface area (Å²) in [6.45, 7) is 1.28. The Morgan fingerprint density at radius 3 is 2.65 bits per heavy atom. The molecule has 0 fully saturated rings. The fourth-order valence-corrected chi connectivity index (χ4v) is 1.71. The second-order valence-electron chi connectivity index (χ2n) is 4.20. The number of nitrogens with zero attached hydrogens (tertiary/aromatic N) is 1. The normalized spacial score (nSPS) is 11.8. The number of hydrogen-bond donors (Lipinski definition) is 1. The van der Waals surface area contributed by atoms with Crippen LogP contribution in [0.2, 0.25) is 0 Å². The molecule has 1 rings (SSSR count). The van der Waals surface area contributed by atoms with Crippen molar-refractivity contribution in [3.05, 3.63) is 47.5 Å². The van der Waals surface area contributed by atoms with Gasteiger partial charge in [-0.2, -0.15) is 5.26 Å². The molecule has 1 N–H and O–H groups in total. The Balaban J connectivity index is 2.97. The minimum Gasteiger partial charge on any atom is -0.478 e. The zero-order valence-electron chi connectivity index (χ0n) is 10.9. The number of carbonyl (C=O) groups excluding carboxylic acids is 2. The van der Waals surface area contributed by atoms with Gasteiger partial charge < -0.3 is 5.11 Å². The van der Waals surface area contributed by atoms with Crippen molar-refractivity contribution in [1.82, 2.24) is 0 Å². The van der Waals surface area contributed by atoms with Gasteiger partial charge in [-0.1, -0.05) is 18.2 Å². The van der Waals surface area contributed by atoms with Crippen molar-refractivity contribution >= 4 is 17.5 Å². The molecule has 5 heteroatoms. The predicted molar refractivity (Wildman–Crippen MR) is 71.1 cm³/mol. The molecule has 0 bridgehead atoms. The maximum absolute atomic E-state index is 12.2. The molecule has 0 aliphatic carbocycles. The fraction of sp³-hybridized carbons (Fsp3) is 0.200. The fourth-order valence-electron chi connectivity index (χ4n) is 1.71. The highest BCUT2D eigenvalue weighted by Gasteiger charge is 2.23. The number of Topliss-reactive ketones (excluding diaryl/α,β-unsaturated/α-hetero) is 2. The lowest BCUT2D eigenvalue weighted by atomic mass is 9.90. The van der Waals surface area contributed by atoms with Crippen LogP contribution in [0.5, 0.6) is 0 Å². The van der Waals surface area contributed by atoms with E-state index in [1.807, 2.05) is 6.07 Å². The Bertz CT molecular complexity index is 611. The third-order valence-corrected chi connectivity index (χ3v) is 2.72. The van der Waals surface area contributed by atoms with Crippen molar-refractivity contribution in [3.63, 3.8) is 0 Å². The topological polar surface area (TPSA) is 95.2 Å². The summed E-state index contributed by atoms with van der Waals surface area (Å²) in [4.78, 5) is 34.1. The first-order chi connectivity index (χ1) is 9.45. The summed E-state index contributed by atoms with van der Waals surface area (Å²) in [5.41, 5.74) is 0.604. The van der Waals surface area contributed by atoms with Crippen molar-refractivity contribution in [1.29, 1.82) is 5.26 Å². The molecule has 1 aromatic carbocycles. The molecular formula is C15H13NO4. The molecule has 0 aromatic heterocycles. The van der Waals surface area contributed by atoms with Crippen molar-refractivity contribution in [2.45, 2.75) is 13.3 Å². The minimum absolute atomic E-state index is 0.0250. The maximum atomic E-state index is 12.2. The van der Waals surface area contributed by atoms with Gasteiger partial charge in [-0.15, -0.1) is 0 Å². The Hall–Kier alpha value is -2.74. The molecule has 5 nitrogen and oxygen atoms in total. The van der Waals surface area contributed by atoms with E-state index >= 15 is 0 Å². The first-order valence-electron chi connectivity index (χ1n) is 5.90. The number of carboxylic acids is 1. The molecule has 0 spiro atoms. The van der Waals surface area contributed by atoms with Crippen LogP contribution >= 0.6 is 0 Å². The smallest absolute Gasteiger partial charge is 0.327 e. The quantitative estimate of drug-likeness (QED) is 0.485. The van der Waals surface area contributed by atoms with Gasteiger partial charge in [0.25, 0.3) is 0 Å². The Morgan fingerprint density at radius 2 is 2.10 bits per heavy atom. The number of aliphatic carboxylic acids is 1. The lowest BCUT2D eigenvalue weighted by Gasteiger charge is -2.10. The van der Waals surface area contributed by atoms with E-state index in [-0.39, 0.29) is 17.8 Å². The van der Waals surface area contributed by atoms with E-state index in [9.17, 15) is 14.4 Å². The zero-order valence-corrected chi connectivity index (χ0v) is 10.9.